The Kier molecular flexibility index (Phi) is 22.8. The molecule has 0 fully saturated rings. The summed E-state index contributed by atoms with van der Waals surface area (Å²) < 4.78 is 0. The quantitative estimate of drug-likeness (QED) is 0.0485. The Balaban J connectivity index is 6.36. The summed E-state index contributed by atoms with van der Waals surface area (Å²) in [5, 5.41) is 0. The molecule has 256 valence electrons. The van der Waals surface area contributed by atoms with Gasteiger partial charge in [0, 0.05) is 0 Å². The topological polar surface area (TPSA) is 0 Å². The van der Waals surface area contributed by atoms with Crippen LogP contribution in [0.3, 0.4) is 0 Å². The van der Waals surface area contributed by atoms with Gasteiger partial charge in [0.05, 0.1) is 40.4 Å². The van der Waals surface area contributed by atoms with Crippen LogP contribution in [-0.2, 0) is 0 Å². The normalized spacial score (nSPS) is 12.7. The first-order valence-electron chi connectivity index (χ1n) is 18.2. The molecule has 0 aromatic heterocycles. The van der Waals surface area contributed by atoms with Crippen molar-refractivity contribution in [1.82, 2.24) is 0 Å². The molecular formula is C40H76Si5. The summed E-state index contributed by atoms with van der Waals surface area (Å²) in [6.45, 7) is 43.6. The summed E-state index contributed by atoms with van der Waals surface area (Å²) in [6.07, 6.45) is 23.3. The van der Waals surface area contributed by atoms with Crippen molar-refractivity contribution >= 4 is 40.4 Å². The van der Waals surface area contributed by atoms with Gasteiger partial charge in [-0.1, -0.05) is 149 Å². The zero-order valence-corrected chi connectivity index (χ0v) is 35.9. The maximum atomic E-state index is 4.14. The molecule has 45 heavy (non-hydrogen) atoms. The molecule has 0 amide bonds. The number of hydrogen-bond donors (Lipinski definition) is 0. The van der Waals surface area contributed by atoms with Crippen LogP contribution in [-0.4, -0.2) is 40.4 Å². The molecule has 0 atom stereocenters. The molecule has 0 nitrogen and oxygen atoms in total. The smallest absolute Gasteiger partial charge is 0.0579 e. The highest BCUT2D eigenvalue weighted by atomic mass is 28.3. The molecule has 0 bridgehead atoms. The largest absolute Gasteiger partial charge is 0.103 e. The minimum absolute atomic E-state index is 1.22. The number of rotatable bonds is 32. The highest BCUT2D eigenvalue weighted by Crippen LogP contribution is 2.40. The van der Waals surface area contributed by atoms with Crippen LogP contribution in [0, 0.1) is 0 Å². The predicted octanol–water partition coefficient (Wildman–Crippen LogP) is 14.8. The van der Waals surface area contributed by atoms with Gasteiger partial charge in [-0.05, 0) is 48.4 Å². The van der Waals surface area contributed by atoms with Crippen molar-refractivity contribution in [2.24, 2.45) is 0 Å². The van der Waals surface area contributed by atoms with Crippen LogP contribution < -0.4 is 0 Å². The third kappa shape index (κ3) is 18.2. The molecule has 0 N–H and O–H groups in total. The summed E-state index contributed by atoms with van der Waals surface area (Å²) in [6, 6.07) is 21.6. The van der Waals surface area contributed by atoms with Crippen LogP contribution in [0.5, 0.6) is 0 Å². The van der Waals surface area contributed by atoms with E-state index in [2.05, 4.69) is 127 Å². The van der Waals surface area contributed by atoms with Gasteiger partial charge in [-0.15, -0.1) is 52.6 Å². The fourth-order valence-electron chi connectivity index (χ4n) is 8.25. The van der Waals surface area contributed by atoms with E-state index in [1.165, 1.54) is 122 Å². The summed E-state index contributed by atoms with van der Waals surface area (Å²) in [5.74, 6) is 0. The summed E-state index contributed by atoms with van der Waals surface area (Å²) in [5.41, 5.74) is 0. The summed E-state index contributed by atoms with van der Waals surface area (Å²) >= 11 is 0. The minimum atomic E-state index is -1.50. The molecule has 0 rings (SSSR count). The van der Waals surface area contributed by atoms with E-state index in [1.807, 2.05) is 0 Å². The summed E-state index contributed by atoms with van der Waals surface area (Å²) in [7, 11) is -6.92. The third-order valence-electron chi connectivity index (χ3n) is 11.0. The van der Waals surface area contributed by atoms with Crippen molar-refractivity contribution in [3.63, 3.8) is 0 Å². The van der Waals surface area contributed by atoms with E-state index in [9.17, 15) is 0 Å². The molecule has 0 aliphatic carbocycles. The van der Waals surface area contributed by atoms with Crippen LogP contribution in [0.2, 0.25) is 123 Å². The van der Waals surface area contributed by atoms with Crippen LogP contribution >= 0.6 is 0 Å². The molecule has 0 aliphatic rings. The standard InChI is InChI=1S/C40H76Si5/c1-13-25-41(9,26-14-2)33-21-37-45(38-22-34-42(10,27-15-3)28-16-4,39-23-35-43(11,29-17-5)30-18-6)40-24-36-44(12,31-19-7)32-20-8/h13-20H,1-8,21-40H2,9-12H3. The molecule has 0 aromatic carbocycles. The number of hydrogen-bond acceptors (Lipinski definition) is 0. The molecule has 0 unspecified atom stereocenters. The zero-order valence-electron chi connectivity index (χ0n) is 30.9. The molecular weight excluding hydrogens is 621 g/mol. The highest BCUT2D eigenvalue weighted by molar-refractivity contribution is 6.83. The lowest BCUT2D eigenvalue weighted by molar-refractivity contribution is 0.857. The van der Waals surface area contributed by atoms with Gasteiger partial charge >= 0.3 is 0 Å². The zero-order chi connectivity index (χ0) is 34.3. The van der Waals surface area contributed by atoms with Crippen molar-refractivity contribution in [3.8, 4) is 0 Å². The fourth-order valence-corrected chi connectivity index (χ4v) is 26.9. The molecule has 5 heteroatoms. The Morgan fingerprint density at radius 3 is 0.578 bits per heavy atom. The van der Waals surface area contributed by atoms with Gasteiger partial charge in [-0.2, -0.15) is 0 Å². The SMILES string of the molecule is C=CC[Si](C)(CC=C)CCC[Si](CCC[Si](C)(CC=C)CC=C)(CCC[Si](C)(CC=C)CC=C)CCC[Si](C)(CC=C)CC=C. The molecule has 0 heterocycles. The maximum Gasteiger partial charge on any atom is 0.0579 e. The van der Waals surface area contributed by atoms with E-state index in [0.717, 1.165) is 0 Å². The highest BCUT2D eigenvalue weighted by Gasteiger charge is 2.36. The maximum absolute atomic E-state index is 4.14. The molecule has 0 saturated carbocycles. The molecule has 0 saturated heterocycles. The monoisotopic (exact) mass is 696 g/mol. The predicted molar refractivity (Wildman–Crippen MR) is 229 cm³/mol. The average Bonchev–Trinajstić information content (AvgIpc) is 2.94. The van der Waals surface area contributed by atoms with Gasteiger partial charge < -0.3 is 0 Å². The van der Waals surface area contributed by atoms with Crippen molar-refractivity contribution < 1.29 is 0 Å². The Morgan fingerprint density at radius 1 is 0.289 bits per heavy atom. The first-order valence-corrected chi connectivity index (χ1v) is 33.5. The van der Waals surface area contributed by atoms with Crippen LogP contribution in [0.25, 0.3) is 0 Å². The van der Waals surface area contributed by atoms with Crippen molar-refractivity contribution in [2.45, 2.75) is 149 Å². The summed E-state index contributed by atoms with van der Waals surface area (Å²) in [4.78, 5) is 0. The van der Waals surface area contributed by atoms with E-state index in [1.54, 1.807) is 0 Å². The van der Waals surface area contributed by atoms with Crippen molar-refractivity contribution in [2.75, 3.05) is 0 Å². The average molecular weight is 697 g/mol. The van der Waals surface area contributed by atoms with Crippen LogP contribution in [0.4, 0.5) is 0 Å². The molecule has 0 aromatic rings. The van der Waals surface area contributed by atoms with Gasteiger partial charge in [0.15, 0.2) is 0 Å². The number of allylic oxidation sites excluding steroid dienone is 8. The molecule has 0 radical (unpaired) electrons. The van der Waals surface area contributed by atoms with Gasteiger partial charge in [0.1, 0.15) is 0 Å². The minimum Gasteiger partial charge on any atom is -0.103 e. The first-order chi connectivity index (χ1) is 21.3. The Morgan fingerprint density at radius 2 is 0.444 bits per heavy atom. The van der Waals surface area contributed by atoms with Gasteiger partial charge in [0.2, 0.25) is 0 Å². The van der Waals surface area contributed by atoms with Gasteiger partial charge in [0.25, 0.3) is 0 Å². The fraction of sp³-hybridized carbons (Fsp3) is 0.600. The van der Waals surface area contributed by atoms with E-state index in [0.29, 0.717) is 0 Å². The Labute approximate surface area is 288 Å². The Hall–Kier alpha value is -0.996. The van der Waals surface area contributed by atoms with Crippen molar-refractivity contribution in [1.29, 1.82) is 0 Å². The van der Waals surface area contributed by atoms with Crippen LogP contribution in [0.15, 0.2) is 101 Å². The van der Waals surface area contributed by atoms with Gasteiger partial charge in [-0.3, -0.25) is 0 Å². The second kappa shape index (κ2) is 23.3. The molecule has 0 spiro atoms. The van der Waals surface area contributed by atoms with E-state index < -0.39 is 40.4 Å². The van der Waals surface area contributed by atoms with E-state index in [4.69, 9.17) is 0 Å². The lowest BCUT2D eigenvalue weighted by Gasteiger charge is -2.37. The van der Waals surface area contributed by atoms with E-state index in [-0.39, 0.29) is 0 Å². The first kappa shape index (κ1) is 44.0. The second-order valence-corrected chi connectivity index (χ2v) is 40.9. The van der Waals surface area contributed by atoms with Gasteiger partial charge in [-0.25, -0.2) is 0 Å². The third-order valence-corrected chi connectivity index (χ3v) is 33.1. The Bertz CT molecular complexity index is 726. The van der Waals surface area contributed by atoms with Crippen LogP contribution in [0.1, 0.15) is 25.7 Å². The second-order valence-electron chi connectivity index (χ2n) is 16.1. The van der Waals surface area contributed by atoms with Crippen molar-refractivity contribution in [3.05, 3.63) is 101 Å². The lowest BCUT2D eigenvalue weighted by atomic mass is 10.5. The van der Waals surface area contributed by atoms with E-state index >= 15 is 0 Å². The molecule has 0 aliphatic heterocycles. The lowest BCUT2D eigenvalue weighted by Crippen LogP contribution is -2.38.